The Morgan fingerprint density at radius 1 is 0.786 bits per heavy atom. The third-order valence-corrected chi connectivity index (χ3v) is 12.0. The maximum absolute atomic E-state index is 13.5. The van der Waals surface area contributed by atoms with Crippen LogP contribution in [-0.2, 0) is 20.6 Å². The van der Waals surface area contributed by atoms with E-state index < -0.39 is 47.2 Å². The Kier molecular flexibility index (Phi) is 16.7. The number of cyclic esters (lactones) is 2. The number of ether oxygens (including phenoxy) is 3. The summed E-state index contributed by atoms with van der Waals surface area (Å²) in [4.78, 5) is 38.1. The SMILES string of the molecule is C/C=C/[C@H](O)C(C)(C)[C@@H]1C\C=C/C=C\C=C\[C@H](OC)Cc2nc(cs2)C(=O)O[C@H](C(C)(C)[C@@H](O)/C=C/C)C/C=C\[C@@H]2[C@H](/C=C/C=C\c3nc(cs3)C(=O)O1)N2C. The average molecular weight is 804 g/mol. The summed E-state index contributed by atoms with van der Waals surface area (Å²) in [5, 5.41) is 26.7. The molecule has 2 aromatic heterocycles. The van der Waals surface area contributed by atoms with E-state index in [9.17, 15) is 19.8 Å². The van der Waals surface area contributed by atoms with Gasteiger partial charge in [-0.25, -0.2) is 19.6 Å². The van der Waals surface area contributed by atoms with Crippen LogP contribution in [0.4, 0.5) is 0 Å². The molecule has 2 aliphatic rings. The van der Waals surface area contributed by atoms with E-state index in [1.165, 1.54) is 22.7 Å². The smallest absolute Gasteiger partial charge is 0.358 e. The van der Waals surface area contributed by atoms with Crippen molar-refractivity contribution in [3.05, 3.63) is 123 Å². The molecule has 0 radical (unpaired) electrons. The molecule has 1 saturated heterocycles. The molecule has 2 N–H and O–H groups in total. The number of nitrogens with zero attached hydrogens (tertiary/aromatic N) is 3. The Balaban J connectivity index is 1.60. The quantitative estimate of drug-likeness (QED) is 0.161. The molecule has 1 unspecified atom stereocenters. The van der Waals surface area contributed by atoms with Crippen molar-refractivity contribution in [3.63, 3.8) is 0 Å². The number of fused-ring (bicyclic) bond motifs is 5. The second-order valence-corrected chi connectivity index (χ2v) is 16.9. The molecule has 0 aliphatic carbocycles. The third kappa shape index (κ3) is 12.2. The van der Waals surface area contributed by atoms with Gasteiger partial charge >= 0.3 is 11.9 Å². The van der Waals surface area contributed by atoms with Gasteiger partial charge in [-0.05, 0) is 27.0 Å². The summed E-state index contributed by atoms with van der Waals surface area (Å²) in [6, 6.07) is 0.349. The number of carbonyl (C=O) groups is 2. The largest absolute Gasteiger partial charge is 0.457 e. The van der Waals surface area contributed by atoms with E-state index in [1.54, 1.807) is 42.2 Å². The third-order valence-electron chi connectivity index (χ3n) is 10.3. The van der Waals surface area contributed by atoms with E-state index in [-0.39, 0.29) is 29.6 Å². The Labute approximate surface area is 340 Å². The Bertz CT molecular complexity index is 1850. The van der Waals surface area contributed by atoms with Crippen LogP contribution >= 0.6 is 22.7 Å². The number of aliphatic hydroxyl groups is 2. The molecular formula is C44H57N3O7S2. The van der Waals surface area contributed by atoms with Crippen molar-refractivity contribution >= 4 is 40.7 Å². The van der Waals surface area contributed by atoms with E-state index in [0.29, 0.717) is 24.3 Å². The first-order valence-electron chi connectivity index (χ1n) is 18.9. The van der Waals surface area contributed by atoms with Gasteiger partial charge in [0.15, 0.2) is 11.4 Å². The second kappa shape index (κ2) is 20.9. The van der Waals surface area contributed by atoms with Gasteiger partial charge in [-0.2, -0.15) is 0 Å². The zero-order valence-corrected chi connectivity index (χ0v) is 35.3. The minimum absolute atomic E-state index is 0.166. The number of aromatic nitrogens is 2. The zero-order chi connectivity index (χ0) is 40.9. The minimum Gasteiger partial charge on any atom is -0.457 e. The molecule has 56 heavy (non-hydrogen) atoms. The van der Waals surface area contributed by atoms with Crippen LogP contribution in [0.3, 0.4) is 0 Å². The molecule has 12 heteroatoms. The lowest BCUT2D eigenvalue weighted by Crippen LogP contribution is -2.42. The van der Waals surface area contributed by atoms with Crippen LogP contribution in [0, 0.1) is 10.8 Å². The highest BCUT2D eigenvalue weighted by atomic mass is 32.1. The van der Waals surface area contributed by atoms with Crippen LogP contribution in [-0.4, -0.2) is 93.8 Å². The first kappa shape index (κ1) is 44.7. The number of likely N-dealkylation sites (N-methyl/N-ethyl adjacent to an activating group) is 1. The van der Waals surface area contributed by atoms with Crippen LogP contribution in [0.25, 0.3) is 6.08 Å². The van der Waals surface area contributed by atoms with Gasteiger partial charge < -0.3 is 24.4 Å². The Hall–Kier alpha value is -4.04. The van der Waals surface area contributed by atoms with Crippen LogP contribution in [0.2, 0.25) is 0 Å². The summed E-state index contributed by atoms with van der Waals surface area (Å²) in [6.07, 6.45) is 28.2. The molecule has 8 atom stereocenters. The number of allylic oxidation sites excluding steroid dienone is 8. The summed E-state index contributed by atoms with van der Waals surface area (Å²) in [6.45, 7) is 11.2. The van der Waals surface area contributed by atoms with Crippen molar-refractivity contribution in [1.82, 2.24) is 14.9 Å². The predicted molar refractivity (Wildman–Crippen MR) is 226 cm³/mol. The summed E-state index contributed by atoms with van der Waals surface area (Å²) >= 11 is 2.71. The monoisotopic (exact) mass is 803 g/mol. The van der Waals surface area contributed by atoms with Crippen molar-refractivity contribution in [2.75, 3.05) is 14.2 Å². The molecule has 1 fully saturated rings. The number of hydrogen-bond acceptors (Lipinski definition) is 12. The number of hydrogen-bond donors (Lipinski definition) is 2. The van der Waals surface area contributed by atoms with E-state index in [1.807, 2.05) is 109 Å². The van der Waals surface area contributed by atoms with Gasteiger partial charge in [-0.3, -0.25) is 4.90 Å². The summed E-state index contributed by atoms with van der Waals surface area (Å²) < 4.78 is 17.8. The summed E-state index contributed by atoms with van der Waals surface area (Å²) in [5.41, 5.74) is -1.13. The van der Waals surface area contributed by atoms with E-state index in [0.717, 1.165) is 5.01 Å². The molecule has 2 aromatic rings. The standard InChI is InChI=1S/C44H57N3O7S2/c1-9-19-35(48)43(3,4)37-24-15-13-11-12-14-21-30(52-8)27-40-46-32(29-56-40)42(51)54-38(44(5,6)36(49)20-10-2)25-18-23-34-33(47(34)7)22-16-17-26-39-45-31(28-55-39)41(50)53-37/h9-23,26,28-30,33-38,48-49H,24-25,27H2,1-8H3/b12-11-,15-13-,19-9+,20-10+,21-14+,22-16+,23-18-,26-17-/t30-,33-,34+,35-,36-,37-,38-,47?/m0/s1. The van der Waals surface area contributed by atoms with E-state index in [4.69, 9.17) is 14.2 Å². The van der Waals surface area contributed by atoms with Crippen LogP contribution in [0.15, 0.2) is 102 Å². The van der Waals surface area contributed by atoms with Crippen molar-refractivity contribution in [2.45, 2.75) is 103 Å². The molecular weight excluding hydrogens is 747 g/mol. The van der Waals surface area contributed by atoms with Gasteiger partial charge in [0, 0.05) is 60.0 Å². The first-order valence-corrected chi connectivity index (χ1v) is 20.7. The van der Waals surface area contributed by atoms with Gasteiger partial charge in [0.1, 0.15) is 17.2 Å². The number of methoxy groups -OCH3 is 1. The molecule has 0 amide bonds. The molecule has 4 heterocycles. The lowest BCUT2D eigenvalue weighted by molar-refractivity contribution is -0.0461. The topological polar surface area (TPSA) is 131 Å². The second-order valence-electron chi connectivity index (χ2n) is 15.0. The summed E-state index contributed by atoms with van der Waals surface area (Å²) in [5.74, 6) is -1.08. The van der Waals surface area contributed by atoms with E-state index >= 15 is 0 Å². The zero-order valence-electron chi connectivity index (χ0n) is 33.6. The number of rotatable bonds is 7. The Morgan fingerprint density at radius 3 is 1.96 bits per heavy atom. The lowest BCUT2D eigenvalue weighted by atomic mass is 9.79. The van der Waals surface area contributed by atoms with Gasteiger partial charge in [-0.1, -0.05) is 119 Å². The van der Waals surface area contributed by atoms with Crippen molar-refractivity contribution in [3.8, 4) is 0 Å². The highest BCUT2D eigenvalue weighted by Crippen LogP contribution is 2.35. The molecule has 4 rings (SSSR count). The maximum atomic E-state index is 13.5. The molecule has 302 valence electrons. The fourth-order valence-electron chi connectivity index (χ4n) is 6.13. The van der Waals surface area contributed by atoms with Gasteiger partial charge in [0.25, 0.3) is 0 Å². The molecule has 0 aromatic carbocycles. The molecule has 10 nitrogen and oxygen atoms in total. The fourth-order valence-corrected chi connectivity index (χ4v) is 7.63. The van der Waals surface area contributed by atoms with Crippen molar-refractivity contribution in [2.24, 2.45) is 10.8 Å². The highest BCUT2D eigenvalue weighted by Gasteiger charge is 2.41. The Morgan fingerprint density at radius 2 is 1.34 bits per heavy atom. The number of thiazole rings is 2. The molecule has 0 spiro atoms. The molecule has 4 bridgehead atoms. The van der Waals surface area contributed by atoms with Gasteiger partial charge in [0.05, 0.1) is 23.3 Å². The normalized spacial score (nSPS) is 29.3. The van der Waals surface area contributed by atoms with E-state index in [2.05, 4.69) is 27.0 Å². The number of esters is 2. The number of aliphatic hydroxyl groups excluding tert-OH is 2. The first-order chi connectivity index (χ1) is 26.7. The highest BCUT2D eigenvalue weighted by molar-refractivity contribution is 7.10. The van der Waals surface area contributed by atoms with Gasteiger partial charge in [-0.15, -0.1) is 22.7 Å². The fraction of sp³-hybridized carbons (Fsp3) is 0.455. The van der Waals surface area contributed by atoms with Gasteiger partial charge in [0.2, 0.25) is 0 Å². The lowest BCUT2D eigenvalue weighted by Gasteiger charge is -2.36. The average Bonchev–Trinajstić information content (AvgIpc) is 3.51. The molecule has 2 aliphatic heterocycles. The van der Waals surface area contributed by atoms with Crippen molar-refractivity contribution < 1.29 is 34.0 Å². The van der Waals surface area contributed by atoms with Crippen LogP contribution in [0.5, 0.6) is 0 Å². The molecule has 0 saturated carbocycles. The predicted octanol–water partition coefficient (Wildman–Crippen LogP) is 8.11. The number of carbonyl (C=O) groups excluding carboxylic acids is 2. The van der Waals surface area contributed by atoms with Crippen LogP contribution in [0.1, 0.15) is 85.4 Å². The maximum Gasteiger partial charge on any atom is 0.358 e. The van der Waals surface area contributed by atoms with Crippen molar-refractivity contribution in [1.29, 1.82) is 0 Å². The summed E-state index contributed by atoms with van der Waals surface area (Å²) in [7, 11) is 3.66. The minimum atomic E-state index is -0.835. The van der Waals surface area contributed by atoms with Crippen LogP contribution < -0.4 is 0 Å².